The molecule has 0 bridgehead atoms. The highest BCUT2D eigenvalue weighted by Crippen LogP contribution is 2.30. The Morgan fingerprint density at radius 3 is 2.52 bits per heavy atom. The first-order chi connectivity index (χ1) is 14.1. The highest BCUT2D eigenvalue weighted by molar-refractivity contribution is 6.04. The van der Waals surface area contributed by atoms with E-state index in [0.717, 1.165) is 16.9 Å². The molecular formula is C22H21N5O2. The molecule has 0 spiro atoms. The van der Waals surface area contributed by atoms with Crippen LogP contribution in [-0.2, 0) is 6.54 Å². The SMILES string of the molecule is CCN1Cc2c(Nc3ccc(NC(=O)c4ccccc4)cc3)ccnc2NC1=O. The summed E-state index contributed by atoms with van der Waals surface area (Å²) in [6.07, 6.45) is 1.66. The van der Waals surface area contributed by atoms with Gasteiger partial charge in [-0.25, -0.2) is 9.78 Å². The first-order valence-corrected chi connectivity index (χ1v) is 9.41. The van der Waals surface area contributed by atoms with Crippen LogP contribution in [0.4, 0.5) is 27.7 Å². The van der Waals surface area contributed by atoms with Crippen LogP contribution in [-0.4, -0.2) is 28.4 Å². The molecule has 0 saturated carbocycles. The third-order valence-corrected chi connectivity index (χ3v) is 4.76. The Labute approximate surface area is 168 Å². The number of carbonyl (C=O) groups is 2. The van der Waals surface area contributed by atoms with Gasteiger partial charge in [0.05, 0.1) is 6.54 Å². The van der Waals surface area contributed by atoms with Gasteiger partial charge in [0, 0.05) is 40.9 Å². The zero-order chi connectivity index (χ0) is 20.2. The van der Waals surface area contributed by atoms with Crippen molar-refractivity contribution in [2.75, 3.05) is 22.5 Å². The summed E-state index contributed by atoms with van der Waals surface area (Å²) < 4.78 is 0. The molecule has 0 saturated heterocycles. The van der Waals surface area contributed by atoms with Gasteiger partial charge < -0.3 is 15.5 Å². The second-order valence-corrected chi connectivity index (χ2v) is 6.65. The predicted octanol–water partition coefficient (Wildman–Crippen LogP) is 4.44. The lowest BCUT2D eigenvalue weighted by Crippen LogP contribution is -2.39. The minimum absolute atomic E-state index is 0.136. The van der Waals surface area contributed by atoms with Crippen molar-refractivity contribution in [3.63, 3.8) is 0 Å². The molecule has 3 aromatic rings. The number of benzene rings is 2. The summed E-state index contributed by atoms with van der Waals surface area (Å²) in [7, 11) is 0. The van der Waals surface area contributed by atoms with Gasteiger partial charge in [0.2, 0.25) is 0 Å². The summed E-state index contributed by atoms with van der Waals surface area (Å²) in [5, 5.41) is 9.08. The quantitative estimate of drug-likeness (QED) is 0.604. The molecule has 7 nitrogen and oxygen atoms in total. The van der Waals surface area contributed by atoms with E-state index in [1.165, 1.54) is 0 Å². The van der Waals surface area contributed by atoms with Crippen LogP contribution >= 0.6 is 0 Å². The van der Waals surface area contributed by atoms with Gasteiger partial charge in [-0.3, -0.25) is 10.1 Å². The van der Waals surface area contributed by atoms with Gasteiger partial charge in [0.25, 0.3) is 5.91 Å². The Balaban J connectivity index is 1.48. The molecular weight excluding hydrogens is 366 g/mol. The smallest absolute Gasteiger partial charge is 0.323 e. The van der Waals surface area contributed by atoms with Gasteiger partial charge in [-0.15, -0.1) is 0 Å². The van der Waals surface area contributed by atoms with Crippen LogP contribution in [0, 0.1) is 0 Å². The fourth-order valence-electron chi connectivity index (χ4n) is 3.16. The number of hydrogen-bond donors (Lipinski definition) is 3. The van der Waals surface area contributed by atoms with Crippen molar-refractivity contribution in [1.82, 2.24) is 9.88 Å². The molecule has 0 radical (unpaired) electrons. The van der Waals surface area contributed by atoms with Crippen molar-refractivity contribution in [2.24, 2.45) is 0 Å². The lowest BCUT2D eigenvalue weighted by atomic mass is 10.1. The van der Waals surface area contributed by atoms with Crippen molar-refractivity contribution in [3.05, 3.63) is 78.0 Å². The monoisotopic (exact) mass is 387 g/mol. The summed E-state index contributed by atoms with van der Waals surface area (Å²) in [5.74, 6) is 0.432. The number of anilines is 4. The maximum Gasteiger partial charge on any atom is 0.323 e. The highest BCUT2D eigenvalue weighted by atomic mass is 16.2. The molecule has 0 atom stereocenters. The molecule has 3 amide bonds. The van der Waals surface area contributed by atoms with E-state index >= 15 is 0 Å². The van der Waals surface area contributed by atoms with Crippen molar-refractivity contribution in [1.29, 1.82) is 0 Å². The molecule has 29 heavy (non-hydrogen) atoms. The Bertz CT molecular complexity index is 1030. The zero-order valence-electron chi connectivity index (χ0n) is 16.0. The molecule has 1 aliphatic rings. The largest absolute Gasteiger partial charge is 0.355 e. The number of rotatable bonds is 5. The van der Waals surface area contributed by atoms with Crippen LogP contribution in [0.5, 0.6) is 0 Å². The average Bonchev–Trinajstić information content (AvgIpc) is 2.75. The Morgan fingerprint density at radius 1 is 1.07 bits per heavy atom. The lowest BCUT2D eigenvalue weighted by molar-refractivity contribution is 0.102. The molecule has 0 unspecified atom stereocenters. The Morgan fingerprint density at radius 2 is 1.79 bits per heavy atom. The van der Waals surface area contributed by atoms with Crippen molar-refractivity contribution in [3.8, 4) is 0 Å². The van der Waals surface area contributed by atoms with Crippen molar-refractivity contribution in [2.45, 2.75) is 13.5 Å². The fraction of sp³-hybridized carbons (Fsp3) is 0.136. The maximum atomic E-state index is 12.3. The van der Waals surface area contributed by atoms with Crippen molar-refractivity contribution < 1.29 is 9.59 Å². The molecule has 146 valence electrons. The van der Waals surface area contributed by atoms with E-state index in [2.05, 4.69) is 20.9 Å². The summed E-state index contributed by atoms with van der Waals surface area (Å²) in [4.78, 5) is 30.3. The van der Waals surface area contributed by atoms with Crippen LogP contribution < -0.4 is 16.0 Å². The first kappa shape index (κ1) is 18.5. The topological polar surface area (TPSA) is 86.4 Å². The predicted molar refractivity (Wildman–Crippen MR) is 113 cm³/mol. The van der Waals surface area contributed by atoms with Gasteiger partial charge in [0.15, 0.2) is 0 Å². The van der Waals surface area contributed by atoms with Crippen LogP contribution in [0.25, 0.3) is 0 Å². The van der Waals surface area contributed by atoms with Crippen LogP contribution in [0.1, 0.15) is 22.8 Å². The normalized spacial score (nSPS) is 12.7. The molecule has 1 aliphatic heterocycles. The number of urea groups is 1. The number of carbonyl (C=O) groups excluding carboxylic acids is 2. The van der Waals surface area contributed by atoms with E-state index in [0.29, 0.717) is 30.2 Å². The van der Waals surface area contributed by atoms with E-state index in [9.17, 15) is 9.59 Å². The molecule has 4 rings (SSSR count). The molecule has 7 heteroatoms. The van der Waals surface area contributed by atoms with Crippen molar-refractivity contribution >= 4 is 34.8 Å². The Kier molecular flexibility index (Phi) is 5.11. The van der Waals surface area contributed by atoms with E-state index in [1.54, 1.807) is 23.2 Å². The number of pyridine rings is 1. The minimum atomic E-state index is -0.148. The second kappa shape index (κ2) is 8.02. The standard InChI is InChI=1S/C22H21N5O2/c1-2-27-14-18-19(12-13-23-20(18)26-22(27)29)24-16-8-10-17(11-9-16)25-21(28)15-6-4-3-5-7-15/h3-13H,2,14H2,1H3,(H,25,28)(H2,23,24,26,29). The van der Waals surface area contributed by atoms with Gasteiger partial charge in [-0.05, 0) is 49.4 Å². The number of aromatic nitrogens is 1. The number of amides is 3. The summed E-state index contributed by atoms with van der Waals surface area (Å²) in [5.41, 5.74) is 4.02. The molecule has 0 fully saturated rings. The Hall–Kier alpha value is -3.87. The summed E-state index contributed by atoms with van der Waals surface area (Å²) in [6, 6.07) is 18.3. The van der Waals surface area contributed by atoms with Gasteiger partial charge in [-0.1, -0.05) is 18.2 Å². The number of nitrogens with one attached hydrogen (secondary N) is 3. The van der Waals surface area contributed by atoms with E-state index in [-0.39, 0.29) is 11.9 Å². The molecule has 1 aromatic heterocycles. The average molecular weight is 387 g/mol. The van der Waals surface area contributed by atoms with Crippen LogP contribution in [0.2, 0.25) is 0 Å². The number of hydrogen-bond acceptors (Lipinski definition) is 4. The number of nitrogens with zero attached hydrogens (tertiary/aromatic N) is 2. The molecule has 3 N–H and O–H groups in total. The third-order valence-electron chi connectivity index (χ3n) is 4.76. The number of fused-ring (bicyclic) bond motifs is 1. The van der Waals surface area contributed by atoms with Gasteiger partial charge in [0.1, 0.15) is 5.82 Å². The van der Waals surface area contributed by atoms with E-state index < -0.39 is 0 Å². The molecule has 2 aromatic carbocycles. The van der Waals surface area contributed by atoms with Crippen LogP contribution in [0.3, 0.4) is 0 Å². The van der Waals surface area contributed by atoms with Gasteiger partial charge in [-0.2, -0.15) is 0 Å². The minimum Gasteiger partial charge on any atom is -0.355 e. The lowest BCUT2D eigenvalue weighted by Gasteiger charge is -2.29. The van der Waals surface area contributed by atoms with E-state index in [4.69, 9.17) is 0 Å². The second-order valence-electron chi connectivity index (χ2n) is 6.65. The molecule has 0 aliphatic carbocycles. The molecule has 2 heterocycles. The van der Waals surface area contributed by atoms with Gasteiger partial charge >= 0.3 is 6.03 Å². The third kappa shape index (κ3) is 4.03. The van der Waals surface area contributed by atoms with Crippen LogP contribution in [0.15, 0.2) is 66.9 Å². The maximum absolute atomic E-state index is 12.3. The first-order valence-electron chi connectivity index (χ1n) is 9.41. The highest BCUT2D eigenvalue weighted by Gasteiger charge is 2.24. The fourth-order valence-corrected chi connectivity index (χ4v) is 3.16. The van der Waals surface area contributed by atoms with E-state index in [1.807, 2.05) is 55.5 Å². The summed E-state index contributed by atoms with van der Waals surface area (Å²) in [6.45, 7) is 3.06. The zero-order valence-corrected chi connectivity index (χ0v) is 16.0. The summed E-state index contributed by atoms with van der Waals surface area (Å²) >= 11 is 0.